The van der Waals surface area contributed by atoms with Gasteiger partial charge < -0.3 is 15.4 Å². The van der Waals surface area contributed by atoms with Gasteiger partial charge >= 0.3 is 5.97 Å². The van der Waals surface area contributed by atoms with Crippen molar-refractivity contribution in [3.8, 4) is 11.4 Å². The number of nitrogens with two attached hydrogens (primary N) is 1. The second-order valence-electron chi connectivity index (χ2n) is 3.63. The molecule has 0 radical (unpaired) electrons. The lowest BCUT2D eigenvalue weighted by molar-refractivity contribution is -0.137. The van der Waals surface area contributed by atoms with Crippen LogP contribution in [-0.4, -0.2) is 31.0 Å². The number of hydrogen-bond acceptors (Lipinski definition) is 6. The van der Waals surface area contributed by atoms with Gasteiger partial charge in [-0.3, -0.25) is 9.48 Å². The molecule has 0 unspecified atom stereocenters. The van der Waals surface area contributed by atoms with Gasteiger partial charge in [-0.1, -0.05) is 5.16 Å². The van der Waals surface area contributed by atoms with Crippen molar-refractivity contribution in [2.24, 2.45) is 12.8 Å². The van der Waals surface area contributed by atoms with E-state index >= 15 is 0 Å². The molecule has 0 saturated heterocycles. The number of aromatic nitrogens is 4. The molecule has 0 aliphatic heterocycles. The van der Waals surface area contributed by atoms with E-state index in [1.807, 2.05) is 0 Å². The van der Waals surface area contributed by atoms with Crippen LogP contribution in [-0.2, 0) is 11.8 Å². The molecule has 0 bridgehead atoms. The SMILES string of the molecule is Cl.Cn1ncc(-c2noc([C@@H](N)CC(=O)O)n2)c1Br. The molecule has 3 N–H and O–H groups in total. The Morgan fingerprint density at radius 3 is 2.89 bits per heavy atom. The maximum absolute atomic E-state index is 10.5. The summed E-state index contributed by atoms with van der Waals surface area (Å²) in [6, 6.07) is -0.820. The van der Waals surface area contributed by atoms with Gasteiger partial charge in [0.1, 0.15) is 4.60 Å². The van der Waals surface area contributed by atoms with Gasteiger partial charge in [0.05, 0.1) is 24.2 Å². The first kappa shape index (κ1) is 15.6. The minimum atomic E-state index is -1.02. The molecule has 2 aromatic rings. The number of rotatable bonds is 4. The van der Waals surface area contributed by atoms with Gasteiger partial charge in [0.25, 0.3) is 0 Å². The van der Waals surface area contributed by atoms with Gasteiger partial charge in [0, 0.05) is 7.05 Å². The van der Waals surface area contributed by atoms with Crippen LogP contribution in [0.3, 0.4) is 0 Å². The maximum atomic E-state index is 10.5. The number of hydrogen-bond donors (Lipinski definition) is 2. The number of carbonyl (C=O) groups is 1. The third-order valence-corrected chi connectivity index (χ3v) is 3.20. The summed E-state index contributed by atoms with van der Waals surface area (Å²) < 4.78 is 7.23. The molecule has 0 saturated carbocycles. The van der Waals surface area contributed by atoms with Crippen LogP contribution in [0.2, 0.25) is 0 Å². The van der Waals surface area contributed by atoms with Crippen LogP contribution < -0.4 is 5.73 Å². The van der Waals surface area contributed by atoms with Crippen LogP contribution in [0.1, 0.15) is 18.4 Å². The van der Waals surface area contributed by atoms with E-state index in [2.05, 4.69) is 31.2 Å². The number of carboxylic acid groups (broad SMARTS) is 1. The first-order valence-corrected chi connectivity index (χ1v) is 5.77. The molecule has 0 aliphatic rings. The van der Waals surface area contributed by atoms with E-state index in [1.165, 1.54) is 0 Å². The van der Waals surface area contributed by atoms with Gasteiger partial charge in [-0.25, -0.2) is 0 Å². The van der Waals surface area contributed by atoms with Crippen molar-refractivity contribution in [3.05, 3.63) is 16.7 Å². The van der Waals surface area contributed by atoms with Crippen molar-refractivity contribution in [1.82, 2.24) is 19.9 Å². The highest BCUT2D eigenvalue weighted by molar-refractivity contribution is 9.10. The predicted octanol–water partition coefficient (Wildman–Crippen LogP) is 1.13. The van der Waals surface area contributed by atoms with E-state index in [1.54, 1.807) is 17.9 Å². The number of aryl methyl sites for hydroxylation is 1. The van der Waals surface area contributed by atoms with E-state index in [9.17, 15) is 4.79 Å². The largest absolute Gasteiger partial charge is 0.481 e. The summed E-state index contributed by atoms with van der Waals surface area (Å²) in [5, 5.41) is 16.4. The van der Waals surface area contributed by atoms with Crippen molar-refractivity contribution in [3.63, 3.8) is 0 Å². The highest BCUT2D eigenvalue weighted by atomic mass is 79.9. The Morgan fingerprint density at radius 1 is 1.68 bits per heavy atom. The predicted molar refractivity (Wildman–Crippen MR) is 70.6 cm³/mol. The van der Waals surface area contributed by atoms with E-state index in [-0.39, 0.29) is 24.7 Å². The molecular formula is C9H11BrClN5O3. The number of halogens is 2. The molecular weight excluding hydrogens is 341 g/mol. The van der Waals surface area contributed by atoms with Gasteiger partial charge in [-0.15, -0.1) is 12.4 Å². The van der Waals surface area contributed by atoms with Gasteiger partial charge in [0.15, 0.2) is 0 Å². The number of aliphatic carboxylic acids is 1. The summed E-state index contributed by atoms with van der Waals surface area (Å²) >= 11 is 3.33. The summed E-state index contributed by atoms with van der Waals surface area (Å²) in [4.78, 5) is 14.6. The van der Waals surface area contributed by atoms with E-state index < -0.39 is 12.0 Å². The minimum absolute atomic E-state index is 0. The summed E-state index contributed by atoms with van der Waals surface area (Å²) in [6.07, 6.45) is 1.30. The number of carboxylic acids is 1. The van der Waals surface area contributed by atoms with Crippen LogP contribution in [0.4, 0.5) is 0 Å². The standard InChI is InChI=1S/C9H10BrN5O3.ClH/c1-15-7(10)4(3-12-15)8-13-9(18-14-8)5(11)2-6(16)17;/h3,5H,2,11H2,1H3,(H,16,17);1H/t5-;/m0./s1. The first-order chi connectivity index (χ1) is 8.49. The van der Waals surface area contributed by atoms with Crippen molar-refractivity contribution < 1.29 is 14.4 Å². The molecule has 104 valence electrons. The Hall–Kier alpha value is -1.45. The molecule has 2 heterocycles. The Labute approximate surface area is 122 Å². The lowest BCUT2D eigenvalue weighted by atomic mass is 10.2. The fourth-order valence-electron chi connectivity index (χ4n) is 1.34. The van der Waals surface area contributed by atoms with Crippen LogP contribution >= 0.6 is 28.3 Å². The van der Waals surface area contributed by atoms with Crippen LogP contribution in [0.15, 0.2) is 15.3 Å². The molecule has 0 spiro atoms. The van der Waals surface area contributed by atoms with E-state index in [0.717, 1.165) is 0 Å². The summed E-state index contributed by atoms with van der Waals surface area (Å²) in [6.45, 7) is 0. The van der Waals surface area contributed by atoms with Crippen LogP contribution in [0, 0.1) is 0 Å². The minimum Gasteiger partial charge on any atom is -0.481 e. The highest BCUT2D eigenvalue weighted by Crippen LogP contribution is 2.26. The maximum Gasteiger partial charge on any atom is 0.305 e. The zero-order chi connectivity index (χ0) is 13.3. The summed E-state index contributed by atoms with van der Waals surface area (Å²) in [5.74, 6) is -0.626. The molecule has 0 fully saturated rings. The third kappa shape index (κ3) is 3.31. The highest BCUT2D eigenvalue weighted by Gasteiger charge is 2.20. The molecule has 10 heteroatoms. The fraction of sp³-hybridized carbons (Fsp3) is 0.333. The van der Waals surface area contributed by atoms with Crippen LogP contribution in [0.25, 0.3) is 11.4 Å². The molecule has 2 aromatic heterocycles. The second kappa shape index (κ2) is 6.13. The normalized spacial score (nSPS) is 11.9. The number of nitrogens with zero attached hydrogens (tertiary/aromatic N) is 4. The van der Waals surface area contributed by atoms with Crippen molar-refractivity contribution >= 4 is 34.3 Å². The van der Waals surface area contributed by atoms with E-state index in [4.69, 9.17) is 15.4 Å². The summed E-state index contributed by atoms with van der Waals surface area (Å²) in [7, 11) is 1.75. The van der Waals surface area contributed by atoms with Crippen molar-refractivity contribution in [2.45, 2.75) is 12.5 Å². The topological polar surface area (TPSA) is 120 Å². The molecule has 0 aliphatic carbocycles. The average Bonchev–Trinajstić information content (AvgIpc) is 2.87. The quantitative estimate of drug-likeness (QED) is 0.846. The lowest BCUT2D eigenvalue weighted by Crippen LogP contribution is -2.15. The smallest absolute Gasteiger partial charge is 0.305 e. The van der Waals surface area contributed by atoms with Gasteiger partial charge in [-0.05, 0) is 15.9 Å². The zero-order valence-corrected chi connectivity index (χ0v) is 12.2. The van der Waals surface area contributed by atoms with Crippen LogP contribution in [0.5, 0.6) is 0 Å². The Balaban J connectivity index is 0.00000180. The van der Waals surface area contributed by atoms with Gasteiger partial charge in [-0.2, -0.15) is 10.1 Å². The molecule has 2 rings (SSSR count). The second-order valence-corrected chi connectivity index (χ2v) is 4.38. The van der Waals surface area contributed by atoms with Crippen molar-refractivity contribution in [1.29, 1.82) is 0 Å². The third-order valence-electron chi connectivity index (χ3n) is 2.26. The first-order valence-electron chi connectivity index (χ1n) is 4.98. The molecule has 0 aromatic carbocycles. The molecule has 0 amide bonds. The molecule has 8 nitrogen and oxygen atoms in total. The van der Waals surface area contributed by atoms with Gasteiger partial charge in [0.2, 0.25) is 11.7 Å². The van der Waals surface area contributed by atoms with Crippen molar-refractivity contribution in [2.75, 3.05) is 0 Å². The monoisotopic (exact) mass is 351 g/mol. The lowest BCUT2D eigenvalue weighted by Gasteiger charge is -2.00. The average molecular weight is 353 g/mol. The Bertz CT molecular complexity index is 584. The molecule has 1 atom stereocenters. The fourth-order valence-corrected chi connectivity index (χ4v) is 1.71. The Kier molecular flexibility index (Phi) is 5.04. The zero-order valence-electron chi connectivity index (χ0n) is 9.78. The summed E-state index contributed by atoms with van der Waals surface area (Å²) in [5.41, 5.74) is 6.27. The Morgan fingerprint density at radius 2 is 2.37 bits per heavy atom. The molecule has 19 heavy (non-hydrogen) atoms. The van der Waals surface area contributed by atoms with E-state index in [0.29, 0.717) is 16.0 Å².